The summed E-state index contributed by atoms with van der Waals surface area (Å²) in [6.45, 7) is -0.846. The highest BCUT2D eigenvalue weighted by Crippen LogP contribution is 2.30. The molecule has 13 nitrogen and oxygen atoms in total. The zero-order chi connectivity index (χ0) is 24.3. The molecule has 0 aromatic heterocycles. The summed E-state index contributed by atoms with van der Waals surface area (Å²) in [5.74, 6) is -1.03. The number of carbonyl (C=O) groups is 1. The first-order valence-corrected chi connectivity index (χ1v) is 14.2. The van der Waals surface area contributed by atoms with Crippen molar-refractivity contribution in [2.45, 2.75) is 30.7 Å². The van der Waals surface area contributed by atoms with E-state index in [-0.39, 0.29) is 5.56 Å². The molecule has 32 heavy (non-hydrogen) atoms. The molecule has 1 aliphatic heterocycles. The zero-order valence-corrected chi connectivity index (χ0v) is 19.5. The predicted octanol–water partition coefficient (Wildman–Crippen LogP) is -1.40. The van der Waals surface area contributed by atoms with Crippen LogP contribution in [0.3, 0.4) is 0 Å². The van der Waals surface area contributed by atoms with Crippen molar-refractivity contribution in [3.05, 3.63) is 35.9 Å². The summed E-state index contributed by atoms with van der Waals surface area (Å²) >= 11 is 0. The molecule has 1 heterocycles. The fourth-order valence-corrected chi connectivity index (χ4v) is 4.37. The Morgan fingerprint density at radius 2 is 1.41 bits per heavy atom. The molecule has 0 amide bonds. The lowest BCUT2D eigenvalue weighted by atomic mass is 9.99. The molecule has 0 spiro atoms. The van der Waals surface area contributed by atoms with E-state index in [1.807, 2.05) is 0 Å². The number of ether oxygens (including phenoxy) is 2. The van der Waals surface area contributed by atoms with Crippen molar-refractivity contribution in [1.29, 1.82) is 0 Å². The summed E-state index contributed by atoms with van der Waals surface area (Å²) in [7, 11) is -12.6. The van der Waals surface area contributed by atoms with Gasteiger partial charge in [0.2, 0.25) is 0 Å². The van der Waals surface area contributed by atoms with Crippen LogP contribution in [0.25, 0.3) is 0 Å². The third-order valence-corrected chi connectivity index (χ3v) is 5.59. The maximum Gasteiger partial charge on any atom is 0.338 e. The second kappa shape index (κ2) is 10.1. The van der Waals surface area contributed by atoms with Crippen LogP contribution in [0, 0.1) is 0 Å². The van der Waals surface area contributed by atoms with Gasteiger partial charge in [-0.2, -0.15) is 25.3 Å². The molecule has 2 rings (SSSR count). The Morgan fingerprint density at radius 3 is 1.91 bits per heavy atom. The van der Waals surface area contributed by atoms with E-state index in [1.54, 1.807) is 6.07 Å². The highest BCUT2D eigenvalue weighted by Gasteiger charge is 2.52. The first kappa shape index (κ1) is 26.6. The molecule has 1 fully saturated rings. The molecule has 5 atom stereocenters. The lowest BCUT2D eigenvalue weighted by Crippen LogP contribution is -2.62. The molecule has 0 aliphatic carbocycles. The van der Waals surface area contributed by atoms with Crippen molar-refractivity contribution in [2.75, 3.05) is 25.4 Å². The molecule has 0 radical (unpaired) electrons. The van der Waals surface area contributed by atoms with Gasteiger partial charge in [-0.3, -0.25) is 12.5 Å². The molecule has 0 bridgehead atoms. The van der Waals surface area contributed by atoms with Crippen molar-refractivity contribution in [3.8, 4) is 0 Å². The fraction of sp³-hybridized carbons (Fsp3) is 0.562. The molecule has 1 saturated heterocycles. The molecule has 0 saturated carbocycles. The fourth-order valence-electron chi connectivity index (χ4n) is 2.74. The Bertz CT molecular complexity index is 1110. The number of aliphatic hydroxyl groups is 1. The Kier molecular flexibility index (Phi) is 8.38. The van der Waals surface area contributed by atoms with Gasteiger partial charge in [-0.25, -0.2) is 4.79 Å². The van der Waals surface area contributed by atoms with Gasteiger partial charge in [-0.15, -0.1) is 0 Å². The quantitative estimate of drug-likeness (QED) is 0.297. The lowest BCUT2D eigenvalue weighted by Gasteiger charge is -2.42. The van der Waals surface area contributed by atoms with Gasteiger partial charge in [0, 0.05) is 0 Å². The molecular weight excluding hydrogens is 496 g/mol. The van der Waals surface area contributed by atoms with Gasteiger partial charge < -0.3 is 14.6 Å². The predicted molar refractivity (Wildman–Crippen MR) is 107 cm³/mol. The van der Waals surface area contributed by atoms with Crippen LogP contribution in [0.15, 0.2) is 30.3 Å². The third-order valence-electron chi connectivity index (χ3n) is 3.88. The molecule has 1 aromatic rings. The van der Waals surface area contributed by atoms with Gasteiger partial charge in [0.15, 0.2) is 18.5 Å². The van der Waals surface area contributed by atoms with Crippen molar-refractivity contribution >= 4 is 36.3 Å². The second-order valence-electron chi connectivity index (χ2n) is 6.82. The smallest absolute Gasteiger partial charge is 0.338 e. The average molecular weight is 519 g/mol. The highest BCUT2D eigenvalue weighted by molar-refractivity contribution is 7.86. The molecule has 16 heteroatoms. The largest absolute Gasteiger partial charge is 0.453 e. The number of esters is 1. The van der Waals surface area contributed by atoms with E-state index in [1.165, 1.54) is 24.3 Å². The number of benzene rings is 1. The highest BCUT2D eigenvalue weighted by atomic mass is 32.2. The van der Waals surface area contributed by atoms with E-state index in [9.17, 15) is 35.2 Å². The Balaban J connectivity index is 2.48. The van der Waals surface area contributed by atoms with Crippen molar-refractivity contribution in [3.63, 3.8) is 0 Å². The summed E-state index contributed by atoms with van der Waals surface area (Å²) in [5, 5.41) is 10.3. The summed E-state index contributed by atoms with van der Waals surface area (Å²) in [4.78, 5) is 12.6. The van der Waals surface area contributed by atoms with Crippen LogP contribution in [-0.2, 0) is 52.4 Å². The number of carbonyl (C=O) groups excluding carboxylic acids is 1. The maximum atomic E-state index is 12.6. The van der Waals surface area contributed by atoms with Gasteiger partial charge in [0.05, 0.1) is 30.9 Å². The van der Waals surface area contributed by atoms with Crippen LogP contribution in [0.4, 0.5) is 0 Å². The topological polar surface area (TPSA) is 186 Å². The molecule has 1 aliphatic rings. The number of hydrogen-bond acceptors (Lipinski definition) is 13. The zero-order valence-electron chi connectivity index (χ0n) is 17.1. The van der Waals surface area contributed by atoms with Gasteiger partial charge in [-0.05, 0) is 12.1 Å². The Labute approximate surface area is 185 Å². The summed E-state index contributed by atoms with van der Waals surface area (Å²) < 4.78 is 94.4. The monoisotopic (exact) mass is 518 g/mol. The van der Waals surface area contributed by atoms with Crippen molar-refractivity contribution in [1.82, 2.24) is 0 Å². The van der Waals surface area contributed by atoms with Gasteiger partial charge in [0.25, 0.3) is 30.4 Å². The Morgan fingerprint density at radius 1 is 0.875 bits per heavy atom. The van der Waals surface area contributed by atoms with Crippen molar-refractivity contribution < 1.29 is 57.2 Å². The van der Waals surface area contributed by atoms with E-state index in [0.29, 0.717) is 18.8 Å². The van der Waals surface area contributed by atoms with Gasteiger partial charge in [0.1, 0.15) is 12.2 Å². The SMILES string of the molecule is CS(=O)(=O)OC[C@@H]1O[C@@H](O)[C@H](OS(C)(=O)=O)[C@H](OC(=O)c2ccccc2)[C@@H]1OS(C)(=O)=O. The molecule has 1 aromatic carbocycles. The number of hydrogen-bond donors (Lipinski definition) is 1. The lowest BCUT2D eigenvalue weighted by molar-refractivity contribution is -0.272. The molecule has 182 valence electrons. The van der Waals surface area contributed by atoms with E-state index < -0.39 is 73.6 Å². The second-order valence-corrected chi connectivity index (χ2v) is 11.7. The number of rotatable bonds is 9. The standard InChI is InChI=1S/C16H22O13S3/c1-30(19,20)25-9-11-12(28-31(2,21)22)13(14(16(18)26-11)29-32(3,23)24)27-15(17)10-7-5-4-6-8-10/h4-8,11-14,16,18H,9H2,1-3H3/t11-,12+,13+,14+,16+/m0/s1. The van der Waals surface area contributed by atoms with E-state index in [0.717, 1.165) is 0 Å². The average Bonchev–Trinajstić information content (AvgIpc) is 2.63. The van der Waals surface area contributed by atoms with Crippen LogP contribution in [0.5, 0.6) is 0 Å². The Hall–Kier alpha value is -1.66. The van der Waals surface area contributed by atoms with Crippen molar-refractivity contribution in [2.24, 2.45) is 0 Å². The van der Waals surface area contributed by atoms with Crippen LogP contribution in [0.1, 0.15) is 10.4 Å². The summed E-state index contributed by atoms with van der Waals surface area (Å²) in [6.07, 6.45) is -7.37. The minimum absolute atomic E-state index is 0.00799. The first-order valence-electron chi connectivity index (χ1n) is 8.76. The number of aliphatic hydroxyl groups excluding tert-OH is 1. The van der Waals surface area contributed by atoms with Gasteiger partial charge in [-0.1, -0.05) is 18.2 Å². The third kappa shape index (κ3) is 8.36. The van der Waals surface area contributed by atoms with Crippen LogP contribution < -0.4 is 0 Å². The summed E-state index contributed by atoms with van der Waals surface area (Å²) in [5.41, 5.74) is 0.00799. The molecule has 0 unspecified atom stereocenters. The minimum Gasteiger partial charge on any atom is -0.453 e. The first-order chi connectivity index (χ1) is 14.6. The molecular formula is C16H22O13S3. The van der Waals surface area contributed by atoms with E-state index in [4.69, 9.17) is 17.8 Å². The van der Waals surface area contributed by atoms with E-state index in [2.05, 4.69) is 4.18 Å². The molecule has 1 N–H and O–H groups in total. The normalized spacial score (nSPS) is 27.1. The minimum atomic E-state index is -4.29. The van der Waals surface area contributed by atoms with Gasteiger partial charge >= 0.3 is 5.97 Å². The van der Waals surface area contributed by atoms with E-state index >= 15 is 0 Å². The van der Waals surface area contributed by atoms with Crippen LogP contribution >= 0.6 is 0 Å². The summed E-state index contributed by atoms with van der Waals surface area (Å²) in [6, 6.07) is 7.35. The van der Waals surface area contributed by atoms with Crippen LogP contribution in [-0.4, -0.2) is 92.4 Å². The maximum absolute atomic E-state index is 12.6. The van der Waals surface area contributed by atoms with Crippen LogP contribution in [0.2, 0.25) is 0 Å².